The van der Waals surface area contributed by atoms with Gasteiger partial charge in [0.1, 0.15) is 0 Å². The van der Waals surface area contributed by atoms with Gasteiger partial charge in [-0.3, -0.25) is 19.7 Å². The molecule has 0 unspecified atom stereocenters. The van der Waals surface area contributed by atoms with Gasteiger partial charge in [-0.15, -0.1) is 0 Å². The van der Waals surface area contributed by atoms with Crippen LogP contribution in [0.2, 0.25) is 0 Å². The summed E-state index contributed by atoms with van der Waals surface area (Å²) in [5, 5.41) is 3.02. The molecule has 2 aromatic rings. The first-order valence-electron chi connectivity index (χ1n) is 12.0. The van der Waals surface area contributed by atoms with Crippen molar-refractivity contribution in [2.24, 2.45) is 0 Å². The van der Waals surface area contributed by atoms with E-state index >= 15 is 0 Å². The lowest BCUT2D eigenvalue weighted by atomic mass is 9.94. The van der Waals surface area contributed by atoms with E-state index in [-0.39, 0.29) is 18.6 Å². The summed E-state index contributed by atoms with van der Waals surface area (Å²) in [5.41, 5.74) is 3.18. The predicted octanol–water partition coefficient (Wildman–Crippen LogP) is 2.80. The van der Waals surface area contributed by atoms with Crippen LogP contribution in [-0.2, 0) is 16.1 Å². The van der Waals surface area contributed by atoms with Crippen molar-refractivity contribution in [3.63, 3.8) is 0 Å². The van der Waals surface area contributed by atoms with Crippen LogP contribution in [0.3, 0.4) is 0 Å². The first-order valence-corrected chi connectivity index (χ1v) is 12.0. The Kier molecular flexibility index (Phi) is 7.92. The van der Waals surface area contributed by atoms with Crippen LogP contribution in [-0.4, -0.2) is 77.6 Å². The molecule has 0 radical (unpaired) electrons. The summed E-state index contributed by atoms with van der Waals surface area (Å²) in [6.45, 7) is 9.34. The number of urea groups is 1. The molecule has 1 atom stereocenters. The number of hydrogen-bond acceptors (Lipinski definition) is 6. The summed E-state index contributed by atoms with van der Waals surface area (Å²) in [7, 11) is 0. The van der Waals surface area contributed by atoms with Gasteiger partial charge in [-0.1, -0.05) is 36.4 Å². The molecule has 2 aliphatic rings. The molecule has 1 saturated heterocycles. The minimum atomic E-state index is -0.531. The number of hydrogen-bond donors (Lipinski definition) is 1. The number of benzene rings is 1. The first-order chi connectivity index (χ1) is 16.6. The van der Waals surface area contributed by atoms with Gasteiger partial charge in [0.15, 0.2) is 0 Å². The van der Waals surface area contributed by atoms with Crippen molar-refractivity contribution < 1.29 is 14.3 Å². The fourth-order valence-electron chi connectivity index (χ4n) is 4.59. The zero-order valence-electron chi connectivity index (χ0n) is 19.9. The molecule has 180 valence electrons. The minimum Gasteiger partial charge on any atom is -0.463 e. The van der Waals surface area contributed by atoms with Crippen LogP contribution in [0, 0.1) is 0 Å². The molecule has 1 aromatic heterocycles. The number of esters is 1. The number of amides is 2. The molecule has 8 nitrogen and oxygen atoms in total. The Bertz CT molecular complexity index is 1000. The van der Waals surface area contributed by atoms with E-state index in [2.05, 4.69) is 20.1 Å². The molecule has 4 rings (SSSR count). The topological polar surface area (TPSA) is 78.0 Å². The average molecular weight is 464 g/mol. The number of likely N-dealkylation sites (N-methyl/N-ethyl adjacent to an activating group) is 1. The molecule has 0 spiro atoms. The Hall–Kier alpha value is -3.23. The van der Waals surface area contributed by atoms with Crippen LogP contribution in [0.4, 0.5) is 4.79 Å². The molecule has 3 heterocycles. The minimum absolute atomic E-state index is 0.187. The van der Waals surface area contributed by atoms with Crippen molar-refractivity contribution in [3.05, 3.63) is 77.3 Å². The number of carbonyl (C=O) groups excluding carboxylic acids is 2. The third-order valence-corrected chi connectivity index (χ3v) is 6.33. The van der Waals surface area contributed by atoms with Gasteiger partial charge in [-0.25, -0.2) is 9.59 Å². The third-order valence-electron chi connectivity index (χ3n) is 6.33. The smallest absolute Gasteiger partial charge is 0.338 e. The number of nitrogens with one attached hydrogen (secondary N) is 1. The van der Waals surface area contributed by atoms with Gasteiger partial charge in [-0.05, 0) is 31.5 Å². The normalized spacial score (nSPS) is 19.8. The Morgan fingerprint density at radius 3 is 2.29 bits per heavy atom. The van der Waals surface area contributed by atoms with Gasteiger partial charge in [0.2, 0.25) is 0 Å². The highest BCUT2D eigenvalue weighted by atomic mass is 16.5. The van der Waals surface area contributed by atoms with Gasteiger partial charge in [-0.2, -0.15) is 0 Å². The van der Waals surface area contributed by atoms with Crippen molar-refractivity contribution in [2.45, 2.75) is 26.4 Å². The Morgan fingerprint density at radius 1 is 1.00 bits per heavy atom. The van der Waals surface area contributed by atoms with Crippen molar-refractivity contribution in [3.8, 4) is 0 Å². The molecule has 2 aliphatic heterocycles. The maximum absolute atomic E-state index is 13.2. The monoisotopic (exact) mass is 463 g/mol. The number of aromatic nitrogens is 1. The molecule has 0 bridgehead atoms. The molecule has 1 aromatic carbocycles. The van der Waals surface area contributed by atoms with E-state index in [0.717, 1.165) is 49.7 Å². The molecule has 0 aliphatic carbocycles. The van der Waals surface area contributed by atoms with Gasteiger partial charge >= 0.3 is 12.0 Å². The van der Waals surface area contributed by atoms with Crippen molar-refractivity contribution in [1.29, 1.82) is 0 Å². The zero-order chi connectivity index (χ0) is 23.9. The second kappa shape index (κ2) is 11.3. The third kappa shape index (κ3) is 5.46. The second-order valence-electron chi connectivity index (χ2n) is 8.49. The first kappa shape index (κ1) is 23.9. The molecule has 1 fully saturated rings. The van der Waals surface area contributed by atoms with Gasteiger partial charge < -0.3 is 10.1 Å². The average Bonchev–Trinajstić information content (AvgIpc) is 2.86. The van der Waals surface area contributed by atoms with E-state index in [1.807, 2.05) is 61.7 Å². The summed E-state index contributed by atoms with van der Waals surface area (Å²) < 4.78 is 5.46. The summed E-state index contributed by atoms with van der Waals surface area (Å²) in [5.74, 6) is -0.376. The van der Waals surface area contributed by atoms with Gasteiger partial charge in [0.05, 0.1) is 23.9 Å². The molecule has 2 amide bonds. The lowest BCUT2D eigenvalue weighted by Gasteiger charge is -2.40. The maximum atomic E-state index is 13.2. The van der Waals surface area contributed by atoms with Crippen LogP contribution in [0.5, 0.6) is 0 Å². The Morgan fingerprint density at radius 2 is 1.68 bits per heavy atom. The van der Waals surface area contributed by atoms with E-state index in [1.54, 1.807) is 11.8 Å². The summed E-state index contributed by atoms with van der Waals surface area (Å²) in [4.78, 5) is 37.0. The Labute approximate surface area is 201 Å². The van der Waals surface area contributed by atoms with Crippen molar-refractivity contribution in [1.82, 2.24) is 25.0 Å². The number of piperazine rings is 1. The fraction of sp³-hybridized carbons (Fsp3) is 0.423. The zero-order valence-corrected chi connectivity index (χ0v) is 19.9. The van der Waals surface area contributed by atoms with E-state index in [9.17, 15) is 9.59 Å². The van der Waals surface area contributed by atoms with Crippen molar-refractivity contribution in [2.75, 3.05) is 45.9 Å². The van der Waals surface area contributed by atoms with Crippen LogP contribution >= 0.6 is 0 Å². The van der Waals surface area contributed by atoms with Crippen LogP contribution < -0.4 is 5.32 Å². The van der Waals surface area contributed by atoms with Crippen LogP contribution in [0.15, 0.2) is 66.0 Å². The van der Waals surface area contributed by atoms with E-state index < -0.39 is 6.04 Å². The number of nitrogens with zero attached hydrogens (tertiary/aromatic N) is 4. The number of rotatable bonds is 8. The summed E-state index contributed by atoms with van der Waals surface area (Å²) in [6, 6.07) is 14.9. The largest absolute Gasteiger partial charge is 0.463 e. The Balaban J connectivity index is 1.56. The predicted molar refractivity (Wildman–Crippen MR) is 130 cm³/mol. The quantitative estimate of drug-likeness (QED) is 0.607. The van der Waals surface area contributed by atoms with E-state index in [0.29, 0.717) is 18.7 Å². The van der Waals surface area contributed by atoms with Crippen LogP contribution in [0.1, 0.15) is 31.1 Å². The highest BCUT2D eigenvalue weighted by Gasteiger charge is 2.38. The number of carbonyl (C=O) groups is 2. The highest BCUT2D eigenvalue weighted by molar-refractivity contribution is 5.95. The number of pyridine rings is 1. The molecule has 0 saturated carbocycles. The SMILES string of the molecule is CCOC(=O)C1=C(CN2CCN(Cc3ccccn3)CC2)N(CC)C(=O)N[C@H]1c1ccccc1. The standard InChI is InChI=1S/C26H33N5O3/c1-3-31-22(19-30-16-14-29(15-17-30)18-21-12-8-9-13-27-21)23(25(32)34-4-2)24(28-26(31)33)20-10-6-5-7-11-20/h5-13,24H,3-4,14-19H2,1-2H3,(H,28,33)/t24-/m0/s1. The van der Waals surface area contributed by atoms with E-state index in [1.165, 1.54) is 0 Å². The molecule has 34 heavy (non-hydrogen) atoms. The second-order valence-corrected chi connectivity index (χ2v) is 8.49. The molecular formula is C26H33N5O3. The summed E-state index contributed by atoms with van der Waals surface area (Å²) in [6.07, 6.45) is 1.82. The lowest BCUT2D eigenvalue weighted by molar-refractivity contribution is -0.139. The van der Waals surface area contributed by atoms with Gasteiger partial charge in [0.25, 0.3) is 0 Å². The maximum Gasteiger partial charge on any atom is 0.338 e. The molecular weight excluding hydrogens is 430 g/mol. The van der Waals surface area contributed by atoms with Crippen molar-refractivity contribution >= 4 is 12.0 Å². The van der Waals surface area contributed by atoms with Crippen LogP contribution in [0.25, 0.3) is 0 Å². The van der Waals surface area contributed by atoms with E-state index in [4.69, 9.17) is 4.74 Å². The molecule has 8 heteroatoms. The fourth-order valence-corrected chi connectivity index (χ4v) is 4.59. The highest BCUT2D eigenvalue weighted by Crippen LogP contribution is 2.32. The lowest BCUT2D eigenvalue weighted by Crippen LogP contribution is -2.53. The number of ether oxygens (including phenoxy) is 1. The molecule has 1 N–H and O–H groups in total. The summed E-state index contributed by atoms with van der Waals surface area (Å²) >= 11 is 0. The van der Waals surface area contributed by atoms with Gasteiger partial charge in [0, 0.05) is 57.7 Å².